The predicted molar refractivity (Wildman–Crippen MR) is 70.5 cm³/mol. The van der Waals surface area contributed by atoms with Crippen LogP contribution in [0.25, 0.3) is 0 Å². The zero-order valence-corrected chi connectivity index (χ0v) is 11.3. The summed E-state index contributed by atoms with van der Waals surface area (Å²) >= 11 is 0. The van der Waals surface area contributed by atoms with Gasteiger partial charge in [0.2, 0.25) is 0 Å². The average molecular weight is 250 g/mol. The molecule has 1 amide bonds. The molecular formula is C14H22N2O2. The van der Waals surface area contributed by atoms with Gasteiger partial charge >= 0.3 is 0 Å². The van der Waals surface area contributed by atoms with Crippen LogP contribution in [0.1, 0.15) is 43.7 Å². The Morgan fingerprint density at radius 1 is 1.44 bits per heavy atom. The minimum Gasteiger partial charge on any atom is -0.393 e. The third-order valence-electron chi connectivity index (χ3n) is 3.75. The van der Waals surface area contributed by atoms with E-state index < -0.39 is 0 Å². The number of nitrogens with zero attached hydrogens (tertiary/aromatic N) is 2. The first kappa shape index (κ1) is 13.1. The van der Waals surface area contributed by atoms with E-state index in [4.69, 9.17) is 0 Å². The Labute approximate surface area is 108 Å². The second-order valence-electron chi connectivity index (χ2n) is 5.43. The van der Waals surface area contributed by atoms with Crippen LogP contribution < -0.4 is 0 Å². The first-order valence-corrected chi connectivity index (χ1v) is 6.65. The number of amides is 1. The zero-order chi connectivity index (χ0) is 13.3. The molecule has 2 rings (SSSR count). The Hall–Kier alpha value is -1.29. The van der Waals surface area contributed by atoms with E-state index in [0.29, 0.717) is 6.54 Å². The fourth-order valence-corrected chi connectivity index (χ4v) is 2.55. The Morgan fingerprint density at radius 2 is 2.17 bits per heavy atom. The number of carbonyl (C=O) groups excluding carboxylic acids is 1. The molecule has 0 bridgehead atoms. The third kappa shape index (κ3) is 2.43. The summed E-state index contributed by atoms with van der Waals surface area (Å²) in [6.45, 7) is 7.35. The summed E-state index contributed by atoms with van der Waals surface area (Å²) in [6.07, 6.45) is 2.51. The molecule has 18 heavy (non-hydrogen) atoms. The molecule has 2 unspecified atom stereocenters. The lowest BCUT2D eigenvalue weighted by atomic mass is 10.0. The SMILES string of the molecule is CC(O)C1CCN(C(=O)c2cccn2C(C)C)C1. The van der Waals surface area contributed by atoms with Gasteiger partial charge < -0.3 is 14.6 Å². The number of hydrogen-bond acceptors (Lipinski definition) is 2. The number of aliphatic hydroxyl groups excluding tert-OH is 1. The maximum atomic E-state index is 12.4. The minimum atomic E-state index is -0.334. The summed E-state index contributed by atoms with van der Waals surface area (Å²) in [5.41, 5.74) is 0.747. The number of likely N-dealkylation sites (tertiary alicyclic amines) is 1. The molecule has 0 saturated carbocycles. The summed E-state index contributed by atoms with van der Waals surface area (Å²) < 4.78 is 2.00. The van der Waals surface area contributed by atoms with Crippen LogP contribution in [0.15, 0.2) is 18.3 Å². The molecule has 0 spiro atoms. The highest BCUT2D eigenvalue weighted by Gasteiger charge is 2.30. The van der Waals surface area contributed by atoms with Gasteiger partial charge in [-0.3, -0.25) is 4.79 Å². The van der Waals surface area contributed by atoms with E-state index >= 15 is 0 Å². The van der Waals surface area contributed by atoms with Crippen molar-refractivity contribution in [2.75, 3.05) is 13.1 Å². The van der Waals surface area contributed by atoms with Crippen molar-refractivity contribution >= 4 is 5.91 Å². The number of carbonyl (C=O) groups is 1. The van der Waals surface area contributed by atoms with Gasteiger partial charge in [-0.15, -0.1) is 0 Å². The largest absolute Gasteiger partial charge is 0.393 e. The average Bonchev–Trinajstić information content (AvgIpc) is 2.97. The lowest BCUT2D eigenvalue weighted by Crippen LogP contribution is -2.32. The Bertz CT molecular complexity index is 423. The molecule has 0 aliphatic carbocycles. The van der Waals surface area contributed by atoms with Crippen molar-refractivity contribution in [3.8, 4) is 0 Å². The Morgan fingerprint density at radius 3 is 2.72 bits per heavy atom. The standard InChI is InChI=1S/C14H22N2O2/c1-10(2)16-7-4-5-13(16)14(18)15-8-6-12(9-15)11(3)17/h4-5,7,10-12,17H,6,8-9H2,1-3H3. The summed E-state index contributed by atoms with van der Waals surface area (Å²) in [6, 6.07) is 4.07. The quantitative estimate of drug-likeness (QED) is 0.890. The molecule has 1 aromatic rings. The van der Waals surface area contributed by atoms with Gasteiger partial charge in [-0.25, -0.2) is 0 Å². The van der Waals surface area contributed by atoms with Crippen LogP contribution in [-0.2, 0) is 0 Å². The van der Waals surface area contributed by atoms with Crippen LogP contribution in [0.4, 0.5) is 0 Å². The molecule has 1 fully saturated rings. The molecular weight excluding hydrogens is 228 g/mol. The molecule has 0 radical (unpaired) electrons. The van der Waals surface area contributed by atoms with E-state index in [2.05, 4.69) is 13.8 Å². The van der Waals surface area contributed by atoms with Crippen LogP contribution >= 0.6 is 0 Å². The topological polar surface area (TPSA) is 45.5 Å². The molecule has 0 aromatic carbocycles. The highest BCUT2D eigenvalue weighted by molar-refractivity contribution is 5.93. The van der Waals surface area contributed by atoms with E-state index in [0.717, 1.165) is 18.7 Å². The fourth-order valence-electron chi connectivity index (χ4n) is 2.55. The van der Waals surface area contributed by atoms with Crippen molar-refractivity contribution in [2.45, 2.75) is 39.3 Å². The highest BCUT2D eigenvalue weighted by Crippen LogP contribution is 2.22. The second-order valence-corrected chi connectivity index (χ2v) is 5.43. The highest BCUT2D eigenvalue weighted by atomic mass is 16.3. The summed E-state index contributed by atoms with van der Waals surface area (Å²) in [4.78, 5) is 14.3. The lowest BCUT2D eigenvalue weighted by Gasteiger charge is -2.20. The van der Waals surface area contributed by atoms with Crippen molar-refractivity contribution in [2.24, 2.45) is 5.92 Å². The van der Waals surface area contributed by atoms with Gasteiger partial charge in [-0.05, 0) is 39.3 Å². The van der Waals surface area contributed by atoms with E-state index in [-0.39, 0.29) is 24.0 Å². The number of hydrogen-bond donors (Lipinski definition) is 1. The van der Waals surface area contributed by atoms with Gasteiger partial charge in [0.1, 0.15) is 5.69 Å². The van der Waals surface area contributed by atoms with Crippen LogP contribution in [0.2, 0.25) is 0 Å². The Balaban J connectivity index is 2.11. The predicted octanol–water partition coefficient (Wildman–Crippen LogP) is 1.91. The van der Waals surface area contributed by atoms with Crippen LogP contribution in [0, 0.1) is 5.92 Å². The van der Waals surface area contributed by atoms with Gasteiger partial charge in [0.15, 0.2) is 0 Å². The molecule has 4 nitrogen and oxygen atoms in total. The maximum absolute atomic E-state index is 12.4. The van der Waals surface area contributed by atoms with E-state index in [1.54, 1.807) is 6.92 Å². The summed E-state index contributed by atoms with van der Waals surface area (Å²) in [7, 11) is 0. The summed E-state index contributed by atoms with van der Waals surface area (Å²) in [5, 5.41) is 9.58. The van der Waals surface area contributed by atoms with Crippen molar-refractivity contribution in [1.29, 1.82) is 0 Å². The molecule has 1 aromatic heterocycles. The number of aromatic nitrogens is 1. The maximum Gasteiger partial charge on any atom is 0.270 e. The lowest BCUT2D eigenvalue weighted by molar-refractivity contribution is 0.0750. The molecule has 2 atom stereocenters. The van der Waals surface area contributed by atoms with Crippen molar-refractivity contribution in [3.63, 3.8) is 0 Å². The van der Waals surface area contributed by atoms with Crippen LogP contribution in [-0.4, -0.2) is 39.7 Å². The van der Waals surface area contributed by atoms with E-state index in [9.17, 15) is 9.90 Å². The van der Waals surface area contributed by atoms with Crippen molar-refractivity contribution in [1.82, 2.24) is 9.47 Å². The van der Waals surface area contributed by atoms with Gasteiger partial charge in [-0.2, -0.15) is 0 Å². The first-order valence-electron chi connectivity index (χ1n) is 6.65. The fraction of sp³-hybridized carbons (Fsp3) is 0.643. The van der Waals surface area contributed by atoms with E-state index in [1.165, 1.54) is 0 Å². The van der Waals surface area contributed by atoms with Gasteiger partial charge in [-0.1, -0.05) is 0 Å². The van der Waals surface area contributed by atoms with Gasteiger partial charge in [0, 0.05) is 31.2 Å². The molecule has 1 aliphatic rings. The molecule has 2 heterocycles. The monoisotopic (exact) mass is 250 g/mol. The first-order chi connectivity index (χ1) is 8.50. The van der Waals surface area contributed by atoms with Crippen LogP contribution in [0.5, 0.6) is 0 Å². The normalized spacial score (nSPS) is 21.6. The van der Waals surface area contributed by atoms with Gasteiger partial charge in [0.25, 0.3) is 5.91 Å². The minimum absolute atomic E-state index is 0.0804. The summed E-state index contributed by atoms with van der Waals surface area (Å²) in [5.74, 6) is 0.299. The van der Waals surface area contributed by atoms with E-state index in [1.807, 2.05) is 27.8 Å². The third-order valence-corrected chi connectivity index (χ3v) is 3.75. The molecule has 1 aliphatic heterocycles. The molecule has 100 valence electrons. The number of rotatable bonds is 3. The van der Waals surface area contributed by atoms with Crippen LogP contribution in [0.3, 0.4) is 0 Å². The van der Waals surface area contributed by atoms with Gasteiger partial charge in [0.05, 0.1) is 6.10 Å². The second kappa shape index (κ2) is 5.14. The molecule has 1 N–H and O–H groups in total. The Kier molecular flexibility index (Phi) is 3.76. The smallest absolute Gasteiger partial charge is 0.270 e. The molecule has 1 saturated heterocycles. The van der Waals surface area contributed by atoms with Crippen molar-refractivity contribution < 1.29 is 9.90 Å². The number of aliphatic hydroxyl groups is 1. The zero-order valence-electron chi connectivity index (χ0n) is 11.3. The molecule has 4 heteroatoms. The van der Waals surface area contributed by atoms with Crippen molar-refractivity contribution in [3.05, 3.63) is 24.0 Å².